The third kappa shape index (κ3) is 6.44. The molecule has 12 heteroatoms. The number of rotatable bonds is 8. The highest BCUT2D eigenvalue weighted by Crippen LogP contribution is 2.34. The van der Waals surface area contributed by atoms with E-state index in [1.807, 2.05) is 0 Å². The summed E-state index contributed by atoms with van der Waals surface area (Å²) in [5.74, 6) is -1.30. The molecule has 2 amide bonds. The monoisotopic (exact) mass is 478 g/mol. The van der Waals surface area contributed by atoms with Crippen molar-refractivity contribution in [3.05, 3.63) is 54.2 Å². The SMILES string of the molecule is C=CC(=O)Nc1ccccc1CNc1nc(N[C@H]2CCCN(C(=O)CO)C2)ncc1C(F)(F)F. The smallest absolute Gasteiger partial charge is 0.387 e. The highest BCUT2D eigenvalue weighted by Gasteiger charge is 2.35. The lowest BCUT2D eigenvalue weighted by atomic mass is 10.1. The van der Waals surface area contributed by atoms with Crippen LogP contribution in [0.4, 0.5) is 30.6 Å². The summed E-state index contributed by atoms with van der Waals surface area (Å²) in [5.41, 5.74) is -0.0625. The normalized spacial score (nSPS) is 16.0. The van der Waals surface area contributed by atoms with Crippen LogP contribution >= 0.6 is 0 Å². The van der Waals surface area contributed by atoms with Gasteiger partial charge in [0.15, 0.2) is 0 Å². The Morgan fingerprint density at radius 1 is 1.29 bits per heavy atom. The standard InChI is InChI=1S/C22H25F3N6O3/c1-2-18(33)29-17-8-4-3-6-14(17)10-26-20-16(22(23,24)25)11-27-21(30-20)28-15-7-5-9-31(12-15)19(34)13-32/h2-4,6,8,11,15,32H,1,5,7,9-10,12-13H2,(H,29,33)(H2,26,27,28,30)/t15-/m0/s1. The maximum atomic E-state index is 13.6. The van der Waals surface area contributed by atoms with Gasteiger partial charge in [-0.25, -0.2) is 4.98 Å². The quantitative estimate of drug-likeness (QED) is 0.431. The van der Waals surface area contributed by atoms with Crippen molar-refractivity contribution >= 4 is 29.3 Å². The number of amides is 2. The first-order valence-electron chi connectivity index (χ1n) is 10.6. The van der Waals surface area contributed by atoms with Gasteiger partial charge in [0.2, 0.25) is 17.8 Å². The fraction of sp³-hybridized carbons (Fsp3) is 0.364. The molecular weight excluding hydrogens is 453 g/mol. The number of carbonyl (C=O) groups excluding carboxylic acids is 2. The van der Waals surface area contributed by atoms with Gasteiger partial charge in [0.05, 0.1) is 0 Å². The van der Waals surface area contributed by atoms with Crippen LogP contribution in [0.3, 0.4) is 0 Å². The number of likely N-dealkylation sites (tertiary alicyclic amines) is 1. The van der Waals surface area contributed by atoms with Gasteiger partial charge in [-0.2, -0.15) is 18.2 Å². The number of aliphatic hydroxyl groups excluding tert-OH is 1. The van der Waals surface area contributed by atoms with E-state index < -0.39 is 36.0 Å². The lowest BCUT2D eigenvalue weighted by Crippen LogP contribution is -2.46. The maximum Gasteiger partial charge on any atom is 0.421 e. The molecule has 0 aliphatic carbocycles. The predicted molar refractivity (Wildman–Crippen MR) is 120 cm³/mol. The molecule has 1 aliphatic rings. The zero-order chi connectivity index (χ0) is 24.7. The zero-order valence-corrected chi connectivity index (χ0v) is 18.2. The van der Waals surface area contributed by atoms with Crippen LogP contribution in [0, 0.1) is 0 Å². The van der Waals surface area contributed by atoms with Crippen molar-refractivity contribution in [2.75, 3.05) is 35.6 Å². The van der Waals surface area contributed by atoms with Crippen LogP contribution in [0.5, 0.6) is 0 Å². The number of aliphatic hydroxyl groups is 1. The molecule has 1 aliphatic heterocycles. The van der Waals surface area contributed by atoms with Crippen molar-refractivity contribution in [1.29, 1.82) is 0 Å². The van der Waals surface area contributed by atoms with Crippen LogP contribution in [0.1, 0.15) is 24.0 Å². The second-order valence-corrected chi connectivity index (χ2v) is 7.64. The molecule has 34 heavy (non-hydrogen) atoms. The van der Waals surface area contributed by atoms with Gasteiger partial charge < -0.3 is 26.0 Å². The van der Waals surface area contributed by atoms with Crippen molar-refractivity contribution in [3.63, 3.8) is 0 Å². The number of alkyl halides is 3. The fourth-order valence-electron chi connectivity index (χ4n) is 3.56. The summed E-state index contributed by atoms with van der Waals surface area (Å²) >= 11 is 0. The maximum absolute atomic E-state index is 13.6. The molecule has 3 rings (SSSR count). The number of para-hydroxylation sites is 1. The Hall–Kier alpha value is -3.67. The average Bonchev–Trinajstić information content (AvgIpc) is 2.82. The van der Waals surface area contributed by atoms with Gasteiger partial charge in [-0.05, 0) is 30.5 Å². The van der Waals surface area contributed by atoms with E-state index in [0.29, 0.717) is 36.8 Å². The molecule has 2 heterocycles. The molecule has 2 aromatic rings. The van der Waals surface area contributed by atoms with Gasteiger partial charge >= 0.3 is 6.18 Å². The van der Waals surface area contributed by atoms with Gasteiger partial charge in [-0.1, -0.05) is 24.8 Å². The third-order valence-corrected chi connectivity index (χ3v) is 5.24. The Morgan fingerprint density at radius 3 is 2.76 bits per heavy atom. The van der Waals surface area contributed by atoms with E-state index in [1.165, 1.54) is 4.90 Å². The molecule has 9 nitrogen and oxygen atoms in total. The Balaban J connectivity index is 1.79. The minimum atomic E-state index is -4.69. The Bertz CT molecular complexity index is 1050. The van der Waals surface area contributed by atoms with E-state index in [9.17, 15) is 22.8 Å². The van der Waals surface area contributed by atoms with Crippen LogP contribution in [0.15, 0.2) is 43.1 Å². The van der Waals surface area contributed by atoms with Crippen molar-refractivity contribution < 1.29 is 27.9 Å². The summed E-state index contributed by atoms with van der Waals surface area (Å²) in [6.45, 7) is 3.51. The Morgan fingerprint density at radius 2 is 2.06 bits per heavy atom. The molecule has 0 radical (unpaired) electrons. The van der Waals surface area contributed by atoms with Gasteiger partial charge in [-0.15, -0.1) is 0 Å². The minimum absolute atomic E-state index is 0.0213. The number of nitrogens with one attached hydrogen (secondary N) is 3. The van der Waals surface area contributed by atoms with Crippen LogP contribution in [-0.4, -0.2) is 57.5 Å². The summed E-state index contributed by atoms with van der Waals surface area (Å²) in [6, 6.07) is 6.39. The third-order valence-electron chi connectivity index (χ3n) is 5.24. The number of hydrogen-bond acceptors (Lipinski definition) is 7. The number of anilines is 3. The van der Waals surface area contributed by atoms with E-state index in [4.69, 9.17) is 5.11 Å². The summed E-state index contributed by atoms with van der Waals surface area (Å²) in [7, 11) is 0. The number of nitrogens with zero attached hydrogens (tertiary/aromatic N) is 3. The topological polar surface area (TPSA) is 119 Å². The number of piperidine rings is 1. The molecule has 1 fully saturated rings. The molecule has 0 unspecified atom stereocenters. The molecule has 4 N–H and O–H groups in total. The lowest BCUT2D eigenvalue weighted by molar-refractivity contribution is -0.137. The van der Waals surface area contributed by atoms with E-state index in [2.05, 4.69) is 32.5 Å². The Labute approximate surface area is 194 Å². The summed E-state index contributed by atoms with van der Waals surface area (Å²) < 4.78 is 40.7. The van der Waals surface area contributed by atoms with Gasteiger partial charge in [-0.3, -0.25) is 9.59 Å². The van der Waals surface area contributed by atoms with Crippen molar-refractivity contribution in [2.45, 2.75) is 31.6 Å². The van der Waals surface area contributed by atoms with E-state index in [0.717, 1.165) is 6.08 Å². The first-order chi connectivity index (χ1) is 16.2. The number of benzene rings is 1. The summed E-state index contributed by atoms with van der Waals surface area (Å²) in [6.07, 6.45) is -1.56. The van der Waals surface area contributed by atoms with Gasteiger partial charge in [0.1, 0.15) is 18.0 Å². The number of halogens is 3. The Kier molecular flexibility index (Phi) is 8.05. The largest absolute Gasteiger partial charge is 0.421 e. The van der Waals surface area contributed by atoms with Crippen LogP contribution in [0.2, 0.25) is 0 Å². The zero-order valence-electron chi connectivity index (χ0n) is 18.2. The van der Waals surface area contributed by atoms with Crippen molar-refractivity contribution in [2.24, 2.45) is 0 Å². The molecule has 182 valence electrons. The van der Waals surface area contributed by atoms with Gasteiger partial charge in [0.25, 0.3) is 0 Å². The molecule has 0 spiro atoms. The lowest BCUT2D eigenvalue weighted by Gasteiger charge is -2.32. The highest BCUT2D eigenvalue weighted by molar-refractivity contribution is 5.99. The number of aromatic nitrogens is 2. The molecular formula is C22H25F3N6O3. The van der Waals surface area contributed by atoms with Crippen molar-refractivity contribution in [3.8, 4) is 0 Å². The second kappa shape index (κ2) is 11.0. The highest BCUT2D eigenvalue weighted by atomic mass is 19.4. The second-order valence-electron chi connectivity index (χ2n) is 7.64. The number of hydrogen-bond donors (Lipinski definition) is 4. The molecule has 1 saturated heterocycles. The fourth-order valence-corrected chi connectivity index (χ4v) is 3.56. The van der Waals surface area contributed by atoms with Crippen LogP contribution < -0.4 is 16.0 Å². The first kappa shape index (κ1) is 25.0. The molecule has 1 aromatic carbocycles. The molecule has 1 atom stereocenters. The first-order valence-corrected chi connectivity index (χ1v) is 10.6. The molecule has 0 bridgehead atoms. The van der Waals surface area contributed by atoms with E-state index >= 15 is 0 Å². The van der Waals surface area contributed by atoms with Crippen LogP contribution in [0.25, 0.3) is 0 Å². The van der Waals surface area contributed by atoms with Gasteiger partial charge in [0, 0.05) is 37.6 Å². The molecule has 1 aromatic heterocycles. The number of carbonyl (C=O) groups is 2. The average molecular weight is 478 g/mol. The molecule has 0 saturated carbocycles. The van der Waals surface area contributed by atoms with Crippen molar-refractivity contribution in [1.82, 2.24) is 14.9 Å². The minimum Gasteiger partial charge on any atom is -0.387 e. The summed E-state index contributed by atoms with van der Waals surface area (Å²) in [4.78, 5) is 32.7. The summed E-state index contributed by atoms with van der Waals surface area (Å²) in [5, 5.41) is 17.3. The van der Waals surface area contributed by atoms with E-state index in [-0.39, 0.29) is 25.1 Å². The predicted octanol–water partition coefficient (Wildman–Crippen LogP) is 2.63. The van der Waals surface area contributed by atoms with Crippen LogP contribution in [-0.2, 0) is 22.3 Å². The van der Waals surface area contributed by atoms with E-state index in [1.54, 1.807) is 24.3 Å².